The van der Waals surface area contributed by atoms with Crippen molar-refractivity contribution in [3.8, 4) is 11.4 Å². The summed E-state index contributed by atoms with van der Waals surface area (Å²) in [4.78, 5) is 15.2. The van der Waals surface area contributed by atoms with Crippen molar-refractivity contribution in [2.24, 2.45) is 0 Å². The number of urea groups is 1. The lowest BCUT2D eigenvalue weighted by Gasteiger charge is -1.98. The molecule has 0 atom stereocenters. The first-order valence-electron chi connectivity index (χ1n) is 5.54. The fraction of sp³-hybridized carbons (Fsp3) is 0.250. The molecule has 1 aromatic carbocycles. The van der Waals surface area contributed by atoms with Gasteiger partial charge in [0.05, 0.1) is 6.54 Å². The number of hydrogen-bond acceptors (Lipinski definition) is 4. The van der Waals surface area contributed by atoms with E-state index in [2.05, 4.69) is 20.8 Å². The molecule has 0 saturated carbocycles. The zero-order chi connectivity index (χ0) is 13.0. The molecule has 0 aliphatic heterocycles. The van der Waals surface area contributed by atoms with Crippen LogP contribution in [0.3, 0.4) is 0 Å². The third kappa shape index (κ3) is 2.85. The smallest absolute Gasteiger partial charge is 0.314 e. The largest absolute Gasteiger partial charge is 0.341 e. The number of aromatic nitrogens is 2. The molecule has 18 heavy (non-hydrogen) atoms. The van der Waals surface area contributed by atoms with Crippen LogP contribution in [0.15, 0.2) is 28.8 Å². The third-order valence-electron chi connectivity index (χ3n) is 2.41. The van der Waals surface area contributed by atoms with Crippen LogP contribution in [0, 0.1) is 6.92 Å². The van der Waals surface area contributed by atoms with E-state index in [9.17, 15) is 4.79 Å². The van der Waals surface area contributed by atoms with Gasteiger partial charge < -0.3 is 15.2 Å². The van der Waals surface area contributed by atoms with Crippen LogP contribution in [-0.4, -0.2) is 23.2 Å². The Morgan fingerprint density at radius 1 is 1.33 bits per heavy atom. The molecule has 0 radical (unpaired) electrons. The zero-order valence-corrected chi connectivity index (χ0v) is 10.2. The van der Waals surface area contributed by atoms with Crippen molar-refractivity contribution in [3.05, 3.63) is 35.7 Å². The molecule has 0 bridgehead atoms. The topological polar surface area (TPSA) is 80.0 Å². The summed E-state index contributed by atoms with van der Waals surface area (Å²) in [6, 6.07) is 7.53. The third-order valence-corrected chi connectivity index (χ3v) is 2.41. The lowest BCUT2D eigenvalue weighted by molar-refractivity contribution is 0.240. The quantitative estimate of drug-likeness (QED) is 0.859. The van der Waals surface area contributed by atoms with Gasteiger partial charge in [-0.05, 0) is 6.92 Å². The molecule has 2 N–H and O–H groups in total. The zero-order valence-electron chi connectivity index (χ0n) is 10.2. The van der Waals surface area contributed by atoms with Crippen LogP contribution in [0.5, 0.6) is 0 Å². The van der Waals surface area contributed by atoms with E-state index >= 15 is 0 Å². The number of nitrogens with zero attached hydrogens (tertiary/aromatic N) is 2. The molecule has 0 aliphatic carbocycles. The predicted molar refractivity (Wildman–Crippen MR) is 65.8 cm³/mol. The molecule has 1 aromatic heterocycles. The molecule has 1 heterocycles. The van der Waals surface area contributed by atoms with Gasteiger partial charge in [-0.1, -0.05) is 35.0 Å². The van der Waals surface area contributed by atoms with Crippen LogP contribution in [0.1, 0.15) is 11.5 Å². The highest BCUT2D eigenvalue weighted by Crippen LogP contribution is 2.16. The molecule has 6 heteroatoms. The number of benzene rings is 1. The molecule has 2 aromatic rings. The van der Waals surface area contributed by atoms with Crippen molar-refractivity contribution in [1.29, 1.82) is 0 Å². The highest BCUT2D eigenvalue weighted by molar-refractivity contribution is 5.73. The lowest BCUT2D eigenvalue weighted by Crippen LogP contribution is -2.32. The Morgan fingerprint density at radius 3 is 2.72 bits per heavy atom. The van der Waals surface area contributed by atoms with E-state index in [1.165, 1.54) is 5.56 Å². The van der Waals surface area contributed by atoms with E-state index in [1.807, 2.05) is 31.2 Å². The normalized spacial score (nSPS) is 10.1. The SMILES string of the molecule is CNC(=O)NCc1nc(-c2ccc(C)cc2)no1. The number of hydrogen-bond donors (Lipinski definition) is 2. The minimum Gasteiger partial charge on any atom is -0.341 e. The standard InChI is InChI=1S/C12H14N4O2/c1-8-3-5-9(6-4-8)11-15-10(18-16-11)7-14-12(17)13-2/h3-6H,7H2,1-2H3,(H2,13,14,17). The van der Waals surface area contributed by atoms with Crippen LogP contribution in [0.4, 0.5) is 4.79 Å². The van der Waals surface area contributed by atoms with E-state index in [0.29, 0.717) is 11.7 Å². The van der Waals surface area contributed by atoms with Gasteiger partial charge in [-0.3, -0.25) is 0 Å². The summed E-state index contributed by atoms with van der Waals surface area (Å²) < 4.78 is 5.04. The van der Waals surface area contributed by atoms with Crippen molar-refractivity contribution < 1.29 is 9.32 Å². The molecule has 6 nitrogen and oxygen atoms in total. The van der Waals surface area contributed by atoms with Gasteiger partial charge in [0.1, 0.15) is 0 Å². The second-order valence-corrected chi connectivity index (χ2v) is 3.81. The number of aryl methyl sites for hydroxylation is 1. The van der Waals surface area contributed by atoms with Crippen molar-refractivity contribution in [1.82, 2.24) is 20.8 Å². The van der Waals surface area contributed by atoms with E-state index in [4.69, 9.17) is 4.52 Å². The molecule has 2 amide bonds. The molecular weight excluding hydrogens is 232 g/mol. The van der Waals surface area contributed by atoms with Crippen molar-refractivity contribution in [2.75, 3.05) is 7.05 Å². The monoisotopic (exact) mass is 246 g/mol. The Hall–Kier alpha value is -2.37. The summed E-state index contributed by atoms with van der Waals surface area (Å²) in [7, 11) is 1.54. The fourth-order valence-electron chi connectivity index (χ4n) is 1.39. The molecule has 0 saturated heterocycles. The van der Waals surface area contributed by atoms with Crippen molar-refractivity contribution in [3.63, 3.8) is 0 Å². The van der Waals surface area contributed by atoms with Crippen LogP contribution < -0.4 is 10.6 Å². The van der Waals surface area contributed by atoms with Crippen molar-refractivity contribution >= 4 is 6.03 Å². The molecule has 0 spiro atoms. The summed E-state index contributed by atoms with van der Waals surface area (Å²) in [5.74, 6) is 0.887. The van der Waals surface area contributed by atoms with Gasteiger partial charge in [0.2, 0.25) is 11.7 Å². The number of amides is 2. The summed E-state index contributed by atoms with van der Waals surface area (Å²) in [6.07, 6.45) is 0. The average Bonchev–Trinajstić information content (AvgIpc) is 2.85. The van der Waals surface area contributed by atoms with Crippen molar-refractivity contribution in [2.45, 2.75) is 13.5 Å². The lowest BCUT2D eigenvalue weighted by atomic mass is 10.1. The van der Waals surface area contributed by atoms with Crippen LogP contribution in [0.2, 0.25) is 0 Å². The fourth-order valence-corrected chi connectivity index (χ4v) is 1.39. The maximum Gasteiger partial charge on any atom is 0.314 e. The first-order chi connectivity index (χ1) is 8.69. The summed E-state index contributed by atoms with van der Waals surface area (Å²) >= 11 is 0. The van der Waals surface area contributed by atoms with E-state index in [0.717, 1.165) is 5.56 Å². The Kier molecular flexibility index (Phi) is 3.57. The van der Waals surface area contributed by atoms with Gasteiger partial charge in [-0.2, -0.15) is 4.98 Å². The summed E-state index contributed by atoms with van der Waals surface area (Å²) in [6.45, 7) is 2.22. The summed E-state index contributed by atoms with van der Waals surface area (Å²) in [5, 5.41) is 8.88. The minimum absolute atomic E-state index is 0.207. The molecule has 0 unspecified atom stereocenters. The van der Waals surface area contributed by atoms with Gasteiger partial charge in [0, 0.05) is 12.6 Å². The second-order valence-electron chi connectivity index (χ2n) is 3.81. The number of nitrogens with one attached hydrogen (secondary N) is 2. The Balaban J connectivity index is 2.06. The van der Waals surface area contributed by atoms with E-state index in [1.54, 1.807) is 7.05 Å². The van der Waals surface area contributed by atoms with Gasteiger partial charge in [-0.15, -0.1) is 0 Å². The highest BCUT2D eigenvalue weighted by atomic mass is 16.5. The Morgan fingerprint density at radius 2 is 2.06 bits per heavy atom. The average molecular weight is 246 g/mol. The molecule has 2 rings (SSSR count). The van der Waals surface area contributed by atoms with Gasteiger partial charge in [0.15, 0.2) is 0 Å². The highest BCUT2D eigenvalue weighted by Gasteiger charge is 2.08. The maximum absolute atomic E-state index is 11.0. The maximum atomic E-state index is 11.0. The van der Waals surface area contributed by atoms with Crippen LogP contribution in [0.25, 0.3) is 11.4 Å². The first-order valence-corrected chi connectivity index (χ1v) is 5.54. The second kappa shape index (κ2) is 5.31. The molecule has 94 valence electrons. The van der Waals surface area contributed by atoms with E-state index < -0.39 is 0 Å². The molecular formula is C12H14N4O2. The Bertz CT molecular complexity index is 533. The predicted octanol–water partition coefficient (Wildman–Crippen LogP) is 1.47. The van der Waals surface area contributed by atoms with Crippen LogP contribution >= 0.6 is 0 Å². The Labute approximate surface area is 104 Å². The first kappa shape index (κ1) is 12.1. The van der Waals surface area contributed by atoms with Gasteiger partial charge in [0.25, 0.3) is 0 Å². The number of carbonyl (C=O) groups is 1. The minimum atomic E-state index is -0.287. The van der Waals surface area contributed by atoms with Gasteiger partial charge in [-0.25, -0.2) is 4.79 Å². The van der Waals surface area contributed by atoms with E-state index in [-0.39, 0.29) is 12.6 Å². The molecule has 0 fully saturated rings. The number of carbonyl (C=O) groups excluding carboxylic acids is 1. The van der Waals surface area contributed by atoms with Gasteiger partial charge >= 0.3 is 6.03 Å². The molecule has 0 aliphatic rings. The van der Waals surface area contributed by atoms with Crippen LogP contribution in [-0.2, 0) is 6.54 Å². The summed E-state index contributed by atoms with van der Waals surface area (Å²) in [5.41, 5.74) is 2.05. The number of rotatable bonds is 3.